The fourth-order valence-corrected chi connectivity index (χ4v) is 3.71. The molecule has 0 saturated carbocycles. The van der Waals surface area contributed by atoms with E-state index in [4.69, 9.17) is 4.74 Å². The van der Waals surface area contributed by atoms with Gasteiger partial charge in [0.2, 0.25) is 4.80 Å². The van der Waals surface area contributed by atoms with Crippen LogP contribution in [-0.2, 0) is 4.74 Å². The largest absolute Gasteiger partial charge is 0.435 e. The molecule has 0 saturated heterocycles. The van der Waals surface area contributed by atoms with Crippen LogP contribution >= 0.6 is 22.7 Å². The maximum atomic E-state index is 12.3. The van der Waals surface area contributed by atoms with Crippen LogP contribution in [-0.4, -0.2) is 37.8 Å². The summed E-state index contributed by atoms with van der Waals surface area (Å²) in [6.07, 6.45) is 1.76. The molecule has 9 heteroatoms. The lowest BCUT2D eigenvalue weighted by atomic mass is 10.2. The van der Waals surface area contributed by atoms with Crippen molar-refractivity contribution in [2.45, 2.75) is 6.61 Å². The van der Waals surface area contributed by atoms with E-state index in [9.17, 15) is 8.78 Å². The van der Waals surface area contributed by atoms with E-state index in [2.05, 4.69) is 14.8 Å². The fourth-order valence-electron chi connectivity index (χ4n) is 2.23. The molecule has 2 aromatic heterocycles. The Hall–Kier alpha value is -2.36. The Bertz CT molecular complexity index is 932. The van der Waals surface area contributed by atoms with Crippen molar-refractivity contribution in [3.05, 3.63) is 56.8 Å². The molecule has 2 heterocycles. The summed E-state index contributed by atoms with van der Waals surface area (Å²) in [5.74, 6) is 0.113. The van der Waals surface area contributed by atoms with Crippen molar-refractivity contribution in [2.24, 2.45) is 10.1 Å². The minimum absolute atomic E-state index is 0.113. The summed E-state index contributed by atoms with van der Waals surface area (Å²) in [5, 5.41) is 10.5. The van der Waals surface area contributed by atoms with Gasteiger partial charge in [-0.1, -0.05) is 0 Å². The van der Waals surface area contributed by atoms with Crippen molar-refractivity contribution in [3.63, 3.8) is 0 Å². The summed E-state index contributed by atoms with van der Waals surface area (Å²) < 4.78 is 35.8. The zero-order chi connectivity index (χ0) is 19.1. The van der Waals surface area contributed by atoms with E-state index in [-0.39, 0.29) is 5.75 Å². The van der Waals surface area contributed by atoms with E-state index in [0.29, 0.717) is 13.2 Å². The van der Waals surface area contributed by atoms with Gasteiger partial charge in [0, 0.05) is 23.6 Å². The van der Waals surface area contributed by atoms with Gasteiger partial charge >= 0.3 is 6.61 Å². The summed E-state index contributed by atoms with van der Waals surface area (Å²) in [6.45, 7) is -1.81. The quantitative estimate of drug-likeness (QED) is 0.411. The molecular formula is C18H17F2N3O2S2. The maximum absolute atomic E-state index is 12.3. The number of thiophene rings is 1. The van der Waals surface area contributed by atoms with Gasteiger partial charge in [0.05, 0.1) is 25.1 Å². The SMILES string of the molecule is COCCN=c1scc(-c2ccc(OC(F)F)cc2)n1N=Cc1ccsc1. The molecule has 0 aliphatic rings. The number of hydrogen-bond acceptors (Lipinski definition) is 6. The van der Waals surface area contributed by atoms with Gasteiger partial charge in [0.25, 0.3) is 0 Å². The summed E-state index contributed by atoms with van der Waals surface area (Å²) in [4.78, 5) is 5.24. The number of benzene rings is 1. The molecule has 0 bridgehead atoms. The lowest BCUT2D eigenvalue weighted by Gasteiger charge is -2.06. The number of hydrogen-bond donors (Lipinski definition) is 0. The van der Waals surface area contributed by atoms with Crippen LogP contribution in [0, 0.1) is 0 Å². The van der Waals surface area contributed by atoms with Crippen LogP contribution in [0.3, 0.4) is 0 Å². The standard InChI is InChI=1S/C18H17F2N3O2S2/c1-24-8-7-21-18-23(22-10-13-6-9-26-11-13)16(12-27-18)14-2-4-15(5-3-14)25-17(19)20/h2-6,9-12,17H,7-8H2,1H3. The van der Waals surface area contributed by atoms with Crippen molar-refractivity contribution in [1.29, 1.82) is 0 Å². The average Bonchev–Trinajstić information content (AvgIpc) is 3.30. The number of nitrogens with zero attached hydrogens (tertiary/aromatic N) is 3. The van der Waals surface area contributed by atoms with Crippen molar-refractivity contribution in [1.82, 2.24) is 4.68 Å². The zero-order valence-corrected chi connectivity index (χ0v) is 16.1. The lowest BCUT2D eigenvalue weighted by molar-refractivity contribution is -0.0498. The zero-order valence-electron chi connectivity index (χ0n) is 14.4. The van der Waals surface area contributed by atoms with Gasteiger partial charge in [-0.3, -0.25) is 4.99 Å². The van der Waals surface area contributed by atoms with Crippen molar-refractivity contribution in [3.8, 4) is 17.0 Å². The highest BCUT2D eigenvalue weighted by atomic mass is 32.1. The van der Waals surface area contributed by atoms with Gasteiger partial charge in [-0.05, 0) is 41.1 Å². The van der Waals surface area contributed by atoms with Crippen LogP contribution in [0.1, 0.15) is 5.56 Å². The number of ether oxygens (including phenoxy) is 2. The molecule has 142 valence electrons. The summed E-state index contributed by atoms with van der Waals surface area (Å²) in [6, 6.07) is 8.42. The highest BCUT2D eigenvalue weighted by Gasteiger charge is 2.09. The molecule has 0 radical (unpaired) electrons. The van der Waals surface area contributed by atoms with Crippen molar-refractivity contribution < 1.29 is 18.3 Å². The lowest BCUT2D eigenvalue weighted by Crippen LogP contribution is -2.13. The molecule has 0 N–H and O–H groups in total. The molecule has 27 heavy (non-hydrogen) atoms. The van der Waals surface area contributed by atoms with Gasteiger partial charge in [-0.15, -0.1) is 11.3 Å². The van der Waals surface area contributed by atoms with Gasteiger partial charge in [-0.25, -0.2) is 4.68 Å². The van der Waals surface area contributed by atoms with Crippen LogP contribution in [0.2, 0.25) is 0 Å². The van der Waals surface area contributed by atoms with E-state index in [0.717, 1.165) is 21.6 Å². The number of rotatable bonds is 8. The molecule has 3 rings (SSSR count). The average molecular weight is 409 g/mol. The Kier molecular flexibility index (Phi) is 6.86. The Morgan fingerprint density at radius 2 is 2.00 bits per heavy atom. The Morgan fingerprint density at radius 1 is 1.19 bits per heavy atom. The van der Waals surface area contributed by atoms with Crippen molar-refractivity contribution >= 4 is 28.9 Å². The van der Waals surface area contributed by atoms with E-state index < -0.39 is 6.61 Å². The van der Waals surface area contributed by atoms with Crippen LogP contribution in [0.4, 0.5) is 8.78 Å². The van der Waals surface area contributed by atoms with Crippen LogP contribution in [0.15, 0.2) is 56.6 Å². The van der Waals surface area contributed by atoms with E-state index in [1.807, 2.05) is 22.2 Å². The highest BCUT2D eigenvalue weighted by Crippen LogP contribution is 2.24. The minimum Gasteiger partial charge on any atom is -0.435 e. The first-order valence-corrected chi connectivity index (χ1v) is 9.81. The third-order valence-electron chi connectivity index (χ3n) is 3.47. The monoisotopic (exact) mass is 409 g/mol. The molecule has 1 aromatic carbocycles. The maximum Gasteiger partial charge on any atom is 0.387 e. The molecule has 0 fully saturated rings. The number of aromatic nitrogens is 1. The van der Waals surface area contributed by atoms with Gasteiger partial charge in [0.15, 0.2) is 0 Å². The molecule has 3 aromatic rings. The fraction of sp³-hybridized carbons (Fsp3) is 0.222. The Balaban J connectivity index is 1.95. The Morgan fingerprint density at radius 3 is 2.67 bits per heavy atom. The molecule has 0 amide bonds. The topological polar surface area (TPSA) is 48.1 Å². The molecule has 0 aliphatic carbocycles. The number of halogens is 2. The second kappa shape index (κ2) is 9.54. The van der Waals surface area contributed by atoms with Crippen molar-refractivity contribution in [2.75, 3.05) is 20.3 Å². The number of methoxy groups -OCH3 is 1. The van der Waals surface area contributed by atoms with Gasteiger partial charge < -0.3 is 9.47 Å². The van der Waals surface area contributed by atoms with Crippen LogP contribution in [0.25, 0.3) is 11.3 Å². The molecule has 5 nitrogen and oxygen atoms in total. The van der Waals surface area contributed by atoms with Gasteiger partial charge in [0.1, 0.15) is 5.75 Å². The first kappa shape index (κ1) is 19.4. The number of thiazole rings is 1. The first-order chi connectivity index (χ1) is 13.2. The highest BCUT2D eigenvalue weighted by molar-refractivity contribution is 7.08. The van der Waals surface area contributed by atoms with E-state index >= 15 is 0 Å². The summed E-state index contributed by atoms with van der Waals surface area (Å²) in [7, 11) is 1.63. The molecule has 0 spiro atoms. The molecular weight excluding hydrogens is 392 g/mol. The van der Waals surface area contributed by atoms with Crippen LogP contribution in [0.5, 0.6) is 5.75 Å². The second-order valence-electron chi connectivity index (χ2n) is 5.29. The Labute approximate surface area is 162 Å². The van der Waals surface area contributed by atoms with Gasteiger partial charge in [-0.2, -0.15) is 25.2 Å². The number of alkyl halides is 2. The molecule has 0 unspecified atom stereocenters. The predicted molar refractivity (Wildman–Crippen MR) is 104 cm³/mol. The molecule has 0 atom stereocenters. The third kappa shape index (κ3) is 5.31. The summed E-state index contributed by atoms with van der Waals surface area (Å²) >= 11 is 3.04. The molecule has 0 aliphatic heterocycles. The second-order valence-corrected chi connectivity index (χ2v) is 6.91. The minimum atomic E-state index is -2.84. The normalized spacial score (nSPS) is 12.4. The third-order valence-corrected chi connectivity index (χ3v) is 5.02. The van der Waals surface area contributed by atoms with E-state index in [1.54, 1.807) is 41.5 Å². The summed E-state index contributed by atoms with van der Waals surface area (Å²) in [5.41, 5.74) is 2.63. The van der Waals surface area contributed by atoms with E-state index in [1.165, 1.54) is 23.5 Å². The predicted octanol–water partition coefficient (Wildman–Crippen LogP) is 4.31. The first-order valence-electron chi connectivity index (χ1n) is 7.99. The van der Waals surface area contributed by atoms with Crippen LogP contribution < -0.4 is 9.54 Å². The smallest absolute Gasteiger partial charge is 0.387 e.